The highest BCUT2D eigenvalue weighted by molar-refractivity contribution is 7.47. The fraction of sp³-hybridized carbons (Fsp3) is 0.675. The minimum absolute atomic E-state index is 0.0906. The van der Waals surface area contributed by atoms with Crippen molar-refractivity contribution in [2.24, 2.45) is 5.73 Å². The number of ether oxygens (including phenoxy) is 2. The molecule has 0 amide bonds. The third-order valence-corrected chi connectivity index (χ3v) is 8.32. The standard InChI is InChI=1S/C40H70NO7P/c1-3-5-7-9-11-13-15-16-17-18-19-20-21-22-23-24-26-28-30-32-35-45-37-39(38-47-49(43,44)46-36-34-41)48-40(42)33-31-29-27-25-14-12-10-8-6-4-2/h5,7-8,10-11,13,16-17,19-20,22-23,39H,3-4,6,9,12,14-15,18,21,24-38,41H2,1-2H3,(H,43,44)/b7-5-,10-8-,13-11-,17-16-,20-19-,23-22-. The zero-order chi connectivity index (χ0) is 35.9. The topological polar surface area (TPSA) is 117 Å². The Balaban J connectivity index is 4.13. The van der Waals surface area contributed by atoms with Gasteiger partial charge in [-0.05, 0) is 77.0 Å². The molecule has 0 heterocycles. The molecule has 0 aromatic rings. The van der Waals surface area contributed by atoms with E-state index in [2.05, 4.69) is 86.8 Å². The Bertz CT molecular complexity index is 974. The number of unbranched alkanes of at least 4 members (excludes halogenated alkanes) is 10. The Morgan fingerprint density at radius 2 is 1.14 bits per heavy atom. The molecule has 0 bridgehead atoms. The fourth-order valence-corrected chi connectivity index (χ4v) is 5.38. The molecule has 0 saturated heterocycles. The minimum atomic E-state index is -4.28. The molecule has 9 heteroatoms. The number of hydrogen-bond donors (Lipinski definition) is 2. The van der Waals surface area contributed by atoms with E-state index < -0.39 is 13.9 Å². The number of carbonyl (C=O) groups excluding carboxylic acids is 1. The zero-order valence-electron chi connectivity index (χ0n) is 30.9. The van der Waals surface area contributed by atoms with Gasteiger partial charge in [0, 0.05) is 19.6 Å². The van der Waals surface area contributed by atoms with Gasteiger partial charge in [-0.25, -0.2) is 4.57 Å². The summed E-state index contributed by atoms with van der Waals surface area (Å²) < 4.78 is 33.2. The van der Waals surface area contributed by atoms with E-state index in [1.54, 1.807) is 0 Å². The van der Waals surface area contributed by atoms with Crippen LogP contribution in [-0.4, -0.2) is 49.9 Å². The first-order valence-corrected chi connectivity index (χ1v) is 20.4. The Labute approximate surface area is 299 Å². The lowest BCUT2D eigenvalue weighted by Crippen LogP contribution is -2.28. The van der Waals surface area contributed by atoms with Gasteiger partial charge in [0.05, 0.1) is 19.8 Å². The van der Waals surface area contributed by atoms with Crippen molar-refractivity contribution in [3.63, 3.8) is 0 Å². The van der Waals surface area contributed by atoms with Gasteiger partial charge in [-0.1, -0.05) is 125 Å². The summed E-state index contributed by atoms with van der Waals surface area (Å²) in [5, 5.41) is 0. The summed E-state index contributed by atoms with van der Waals surface area (Å²) in [6, 6.07) is 0. The van der Waals surface area contributed by atoms with E-state index in [0.717, 1.165) is 103 Å². The van der Waals surface area contributed by atoms with Crippen LogP contribution in [-0.2, 0) is 27.9 Å². The van der Waals surface area contributed by atoms with E-state index in [4.69, 9.17) is 24.3 Å². The van der Waals surface area contributed by atoms with Crippen LogP contribution < -0.4 is 5.73 Å². The first-order chi connectivity index (χ1) is 23.9. The van der Waals surface area contributed by atoms with Crippen molar-refractivity contribution < 1.29 is 32.8 Å². The van der Waals surface area contributed by atoms with Crippen molar-refractivity contribution in [1.82, 2.24) is 0 Å². The summed E-state index contributed by atoms with van der Waals surface area (Å²) in [5.74, 6) is -0.356. The van der Waals surface area contributed by atoms with Crippen LogP contribution in [0.4, 0.5) is 0 Å². The lowest BCUT2D eigenvalue weighted by molar-refractivity contribution is -0.154. The van der Waals surface area contributed by atoms with E-state index in [1.807, 2.05) is 0 Å². The average Bonchev–Trinajstić information content (AvgIpc) is 3.09. The lowest BCUT2D eigenvalue weighted by Gasteiger charge is -2.20. The quantitative estimate of drug-likeness (QED) is 0.0289. The summed E-state index contributed by atoms with van der Waals surface area (Å²) in [6.07, 6.45) is 44.9. The average molecular weight is 708 g/mol. The van der Waals surface area contributed by atoms with E-state index in [9.17, 15) is 14.3 Å². The molecule has 0 aliphatic carbocycles. The van der Waals surface area contributed by atoms with Gasteiger partial charge >= 0.3 is 13.8 Å². The van der Waals surface area contributed by atoms with Crippen molar-refractivity contribution in [3.8, 4) is 0 Å². The highest BCUT2D eigenvalue weighted by atomic mass is 31.2. The Kier molecular flexibility index (Phi) is 35.6. The SMILES string of the molecule is CC/C=C\C/C=C\C/C=C\C/C=C\C/C=C\CCCCCCOCC(COP(=O)(O)OCCN)OC(=O)CCCCCCC/C=C\CCC. The third kappa shape index (κ3) is 37.0. The molecular weight excluding hydrogens is 637 g/mol. The van der Waals surface area contributed by atoms with E-state index >= 15 is 0 Å². The van der Waals surface area contributed by atoms with Gasteiger partial charge < -0.3 is 20.1 Å². The van der Waals surface area contributed by atoms with Gasteiger partial charge in [0.2, 0.25) is 0 Å². The monoisotopic (exact) mass is 707 g/mol. The van der Waals surface area contributed by atoms with Gasteiger partial charge in [-0.3, -0.25) is 13.8 Å². The van der Waals surface area contributed by atoms with Crippen molar-refractivity contribution in [2.75, 3.05) is 33.0 Å². The van der Waals surface area contributed by atoms with Gasteiger partial charge in [-0.15, -0.1) is 0 Å². The molecule has 0 fully saturated rings. The van der Waals surface area contributed by atoms with Gasteiger partial charge in [0.15, 0.2) is 0 Å². The summed E-state index contributed by atoms with van der Waals surface area (Å²) in [7, 11) is -4.28. The van der Waals surface area contributed by atoms with E-state index in [-0.39, 0.29) is 32.3 Å². The van der Waals surface area contributed by atoms with Crippen LogP contribution in [0.25, 0.3) is 0 Å². The van der Waals surface area contributed by atoms with E-state index in [1.165, 1.54) is 12.8 Å². The summed E-state index contributed by atoms with van der Waals surface area (Å²) in [4.78, 5) is 22.3. The first kappa shape index (κ1) is 46.9. The fourth-order valence-electron chi connectivity index (χ4n) is 4.61. The Morgan fingerprint density at radius 3 is 1.73 bits per heavy atom. The van der Waals surface area contributed by atoms with Crippen molar-refractivity contribution in [3.05, 3.63) is 72.9 Å². The molecule has 0 saturated carbocycles. The number of hydrogen-bond acceptors (Lipinski definition) is 7. The Hall–Kier alpha value is -2.06. The predicted molar refractivity (Wildman–Crippen MR) is 205 cm³/mol. The Morgan fingerprint density at radius 1 is 0.633 bits per heavy atom. The van der Waals surface area contributed by atoms with Crippen molar-refractivity contribution in [2.45, 2.75) is 142 Å². The van der Waals surface area contributed by atoms with Crippen molar-refractivity contribution in [1.29, 1.82) is 0 Å². The minimum Gasteiger partial charge on any atom is -0.457 e. The van der Waals surface area contributed by atoms with Crippen LogP contribution >= 0.6 is 7.82 Å². The molecule has 0 aliphatic rings. The molecule has 8 nitrogen and oxygen atoms in total. The van der Waals surface area contributed by atoms with Crippen LogP contribution in [0.15, 0.2) is 72.9 Å². The van der Waals surface area contributed by atoms with Crippen molar-refractivity contribution >= 4 is 13.8 Å². The second-order valence-corrected chi connectivity index (χ2v) is 13.5. The van der Waals surface area contributed by atoms with Crippen LogP contribution in [0, 0.1) is 0 Å². The largest absolute Gasteiger partial charge is 0.472 e. The molecule has 0 aromatic carbocycles. The lowest BCUT2D eigenvalue weighted by atomic mass is 10.1. The maximum atomic E-state index is 12.5. The van der Waals surface area contributed by atoms with Gasteiger partial charge in [0.25, 0.3) is 0 Å². The highest BCUT2D eigenvalue weighted by Crippen LogP contribution is 2.43. The third-order valence-electron chi connectivity index (χ3n) is 7.34. The second-order valence-electron chi connectivity index (χ2n) is 12.1. The van der Waals surface area contributed by atoms with Crippen LogP contribution in [0.1, 0.15) is 136 Å². The number of allylic oxidation sites excluding steroid dienone is 12. The van der Waals surface area contributed by atoms with Crippen LogP contribution in [0.3, 0.4) is 0 Å². The zero-order valence-corrected chi connectivity index (χ0v) is 31.8. The normalized spacial score (nSPS) is 14.4. The second kappa shape index (κ2) is 37.2. The molecule has 0 aromatic heterocycles. The number of nitrogens with two attached hydrogens (primary N) is 1. The number of esters is 1. The van der Waals surface area contributed by atoms with Gasteiger partial charge in [0.1, 0.15) is 6.10 Å². The first-order valence-electron chi connectivity index (χ1n) is 18.9. The number of phosphoric acid groups is 1. The molecule has 0 spiro atoms. The molecular formula is C40H70NO7P. The number of rotatable bonds is 35. The summed E-state index contributed by atoms with van der Waals surface area (Å²) in [5.41, 5.74) is 5.34. The smallest absolute Gasteiger partial charge is 0.457 e. The highest BCUT2D eigenvalue weighted by Gasteiger charge is 2.25. The molecule has 0 radical (unpaired) electrons. The number of phosphoric ester groups is 1. The summed E-state index contributed by atoms with van der Waals surface area (Å²) in [6.45, 7) is 4.63. The molecule has 49 heavy (non-hydrogen) atoms. The van der Waals surface area contributed by atoms with Crippen LogP contribution in [0.5, 0.6) is 0 Å². The molecule has 2 unspecified atom stereocenters. The maximum absolute atomic E-state index is 12.5. The molecule has 3 N–H and O–H groups in total. The number of carbonyl (C=O) groups is 1. The summed E-state index contributed by atoms with van der Waals surface area (Å²) >= 11 is 0. The predicted octanol–water partition coefficient (Wildman–Crippen LogP) is 10.8. The van der Waals surface area contributed by atoms with Gasteiger partial charge in [-0.2, -0.15) is 0 Å². The molecule has 2 atom stereocenters. The van der Waals surface area contributed by atoms with E-state index in [0.29, 0.717) is 13.0 Å². The van der Waals surface area contributed by atoms with Crippen LogP contribution in [0.2, 0.25) is 0 Å². The molecule has 282 valence electrons. The molecule has 0 rings (SSSR count). The maximum Gasteiger partial charge on any atom is 0.472 e. The molecule has 0 aliphatic heterocycles.